The molecule has 0 aliphatic heterocycles. The molecule has 0 unspecified atom stereocenters. The fourth-order valence-corrected chi connectivity index (χ4v) is 3.33. The zero-order chi connectivity index (χ0) is 19.3. The molecule has 0 fully saturated rings. The van der Waals surface area contributed by atoms with Gasteiger partial charge in [0, 0.05) is 5.69 Å². The zero-order valence-electron chi connectivity index (χ0n) is 15.9. The molecule has 3 aromatic rings. The summed E-state index contributed by atoms with van der Waals surface area (Å²) >= 11 is 0. The minimum Gasteiger partial charge on any atom is -0.484 e. The van der Waals surface area contributed by atoms with Crippen molar-refractivity contribution in [2.75, 3.05) is 11.9 Å². The van der Waals surface area contributed by atoms with Crippen LogP contribution >= 0.6 is 0 Å². The average molecular weight is 373 g/mol. The molecule has 0 bridgehead atoms. The molecule has 1 aliphatic rings. The van der Waals surface area contributed by atoms with Crippen LogP contribution in [-0.4, -0.2) is 12.5 Å². The van der Waals surface area contributed by atoms with E-state index in [-0.39, 0.29) is 12.5 Å². The van der Waals surface area contributed by atoms with Gasteiger partial charge in [0.2, 0.25) is 0 Å². The third-order valence-corrected chi connectivity index (χ3v) is 4.83. The van der Waals surface area contributed by atoms with E-state index in [1.54, 1.807) is 0 Å². The monoisotopic (exact) mass is 373 g/mol. The first-order chi connectivity index (χ1) is 13.7. The third kappa shape index (κ3) is 4.52. The van der Waals surface area contributed by atoms with Crippen LogP contribution in [-0.2, 0) is 17.6 Å². The number of anilines is 1. The maximum Gasteiger partial charge on any atom is 0.262 e. The van der Waals surface area contributed by atoms with Crippen molar-refractivity contribution in [2.45, 2.75) is 26.2 Å². The summed E-state index contributed by atoms with van der Waals surface area (Å²) in [6, 6.07) is 21.3. The van der Waals surface area contributed by atoms with Gasteiger partial charge < -0.3 is 14.8 Å². The van der Waals surface area contributed by atoms with E-state index in [1.807, 2.05) is 67.6 Å². The first kappa shape index (κ1) is 18.1. The van der Waals surface area contributed by atoms with Gasteiger partial charge in [0.25, 0.3) is 5.91 Å². The summed E-state index contributed by atoms with van der Waals surface area (Å²) in [6.07, 6.45) is 3.43. The third-order valence-electron chi connectivity index (χ3n) is 4.83. The Morgan fingerprint density at radius 1 is 0.857 bits per heavy atom. The number of amides is 1. The van der Waals surface area contributed by atoms with E-state index in [9.17, 15) is 4.79 Å². The Morgan fingerprint density at radius 3 is 2.25 bits per heavy atom. The van der Waals surface area contributed by atoms with Gasteiger partial charge in [-0.2, -0.15) is 0 Å². The van der Waals surface area contributed by atoms with Crippen LogP contribution in [0.5, 0.6) is 17.2 Å². The van der Waals surface area contributed by atoms with E-state index in [0.29, 0.717) is 5.69 Å². The fraction of sp³-hybridized carbons (Fsp3) is 0.208. The van der Waals surface area contributed by atoms with Crippen molar-refractivity contribution in [1.29, 1.82) is 0 Å². The minimum absolute atomic E-state index is 0.0135. The van der Waals surface area contributed by atoms with Crippen molar-refractivity contribution >= 4 is 11.6 Å². The Kier molecular flexibility index (Phi) is 5.29. The van der Waals surface area contributed by atoms with E-state index < -0.39 is 0 Å². The van der Waals surface area contributed by atoms with E-state index in [2.05, 4.69) is 11.4 Å². The fourth-order valence-electron chi connectivity index (χ4n) is 3.33. The molecule has 1 aliphatic carbocycles. The lowest BCUT2D eigenvalue weighted by Gasteiger charge is -2.10. The lowest BCUT2D eigenvalue weighted by molar-refractivity contribution is -0.118. The number of hydrogen-bond acceptors (Lipinski definition) is 3. The van der Waals surface area contributed by atoms with E-state index >= 15 is 0 Å². The summed E-state index contributed by atoms with van der Waals surface area (Å²) in [5.74, 6) is 2.06. The topological polar surface area (TPSA) is 47.6 Å². The number of ether oxygens (including phenoxy) is 2. The number of nitrogens with one attached hydrogen (secondary N) is 1. The summed E-state index contributed by atoms with van der Waals surface area (Å²) in [7, 11) is 0. The maximum absolute atomic E-state index is 12.2. The Bertz CT molecular complexity index is 962. The number of hydrogen-bond donors (Lipinski definition) is 1. The Hall–Kier alpha value is -3.27. The van der Waals surface area contributed by atoms with Crippen molar-refractivity contribution in [3.05, 3.63) is 83.4 Å². The van der Waals surface area contributed by atoms with E-state index in [4.69, 9.17) is 9.47 Å². The Morgan fingerprint density at radius 2 is 1.50 bits per heavy atom. The normalized spacial score (nSPS) is 12.3. The summed E-state index contributed by atoms with van der Waals surface area (Å²) in [6.45, 7) is 2.02. The summed E-state index contributed by atoms with van der Waals surface area (Å²) in [5, 5.41) is 2.84. The molecular weight excluding hydrogens is 350 g/mol. The van der Waals surface area contributed by atoms with Crippen molar-refractivity contribution in [1.82, 2.24) is 0 Å². The first-order valence-corrected chi connectivity index (χ1v) is 9.55. The van der Waals surface area contributed by atoms with Gasteiger partial charge in [-0.05, 0) is 85.8 Å². The molecule has 4 nitrogen and oxygen atoms in total. The summed E-state index contributed by atoms with van der Waals surface area (Å²) in [4.78, 5) is 12.2. The van der Waals surface area contributed by atoms with Gasteiger partial charge in [-0.3, -0.25) is 4.79 Å². The standard InChI is InChI=1S/C24H23NO3/c1-17-5-10-21(11-6-17)28-22-13-8-20(9-14-22)25-24(26)16-27-23-12-7-18-3-2-4-19(18)15-23/h5-15H,2-4,16H2,1H3,(H,25,26). The molecule has 0 atom stereocenters. The molecule has 0 radical (unpaired) electrons. The zero-order valence-corrected chi connectivity index (χ0v) is 15.9. The van der Waals surface area contributed by atoms with Crippen molar-refractivity contribution < 1.29 is 14.3 Å². The van der Waals surface area contributed by atoms with Crippen LogP contribution < -0.4 is 14.8 Å². The number of aryl methyl sites for hydroxylation is 3. The second-order valence-corrected chi connectivity index (χ2v) is 7.06. The molecule has 4 heteroatoms. The molecule has 0 saturated heterocycles. The number of rotatable bonds is 6. The maximum atomic E-state index is 12.2. The van der Waals surface area contributed by atoms with Gasteiger partial charge in [0.15, 0.2) is 6.61 Å². The highest BCUT2D eigenvalue weighted by molar-refractivity contribution is 5.91. The number of carbonyl (C=O) groups is 1. The highest BCUT2D eigenvalue weighted by Gasteiger charge is 2.12. The van der Waals surface area contributed by atoms with Gasteiger partial charge in [0.1, 0.15) is 17.2 Å². The highest BCUT2D eigenvalue weighted by Crippen LogP contribution is 2.26. The molecule has 1 amide bonds. The van der Waals surface area contributed by atoms with Gasteiger partial charge in [-0.25, -0.2) is 0 Å². The summed E-state index contributed by atoms with van der Waals surface area (Å²) < 4.78 is 11.4. The predicted octanol–water partition coefficient (Wildman–Crippen LogP) is 5.29. The van der Waals surface area contributed by atoms with Gasteiger partial charge in [0.05, 0.1) is 0 Å². The summed E-state index contributed by atoms with van der Waals surface area (Å²) in [5.41, 5.74) is 4.62. The largest absolute Gasteiger partial charge is 0.484 e. The lowest BCUT2D eigenvalue weighted by atomic mass is 10.1. The van der Waals surface area contributed by atoms with Crippen LogP contribution in [0.2, 0.25) is 0 Å². The molecular formula is C24H23NO3. The Balaban J connectivity index is 1.29. The average Bonchev–Trinajstić information content (AvgIpc) is 3.17. The number of carbonyl (C=O) groups excluding carboxylic acids is 1. The molecule has 0 saturated carbocycles. The quantitative estimate of drug-likeness (QED) is 0.638. The van der Waals surface area contributed by atoms with Crippen LogP contribution in [0.4, 0.5) is 5.69 Å². The minimum atomic E-state index is -0.187. The second kappa shape index (κ2) is 8.17. The molecule has 28 heavy (non-hydrogen) atoms. The lowest BCUT2D eigenvalue weighted by Crippen LogP contribution is -2.20. The second-order valence-electron chi connectivity index (χ2n) is 7.06. The van der Waals surface area contributed by atoms with Crippen molar-refractivity contribution in [3.8, 4) is 17.2 Å². The van der Waals surface area contributed by atoms with Crippen LogP contribution in [0.25, 0.3) is 0 Å². The van der Waals surface area contributed by atoms with Crippen LogP contribution in [0, 0.1) is 6.92 Å². The van der Waals surface area contributed by atoms with Gasteiger partial charge >= 0.3 is 0 Å². The SMILES string of the molecule is Cc1ccc(Oc2ccc(NC(=O)COc3ccc4c(c3)CCC4)cc2)cc1. The molecule has 142 valence electrons. The smallest absolute Gasteiger partial charge is 0.262 e. The van der Waals surface area contributed by atoms with Gasteiger partial charge in [-0.15, -0.1) is 0 Å². The first-order valence-electron chi connectivity index (χ1n) is 9.55. The molecule has 0 aromatic heterocycles. The van der Waals surface area contributed by atoms with Crippen molar-refractivity contribution in [3.63, 3.8) is 0 Å². The van der Waals surface area contributed by atoms with Gasteiger partial charge in [-0.1, -0.05) is 23.8 Å². The molecule has 1 N–H and O–H groups in total. The molecule has 0 heterocycles. The highest BCUT2D eigenvalue weighted by atomic mass is 16.5. The molecule has 3 aromatic carbocycles. The van der Waals surface area contributed by atoms with Crippen molar-refractivity contribution in [2.24, 2.45) is 0 Å². The molecule has 0 spiro atoms. The molecule has 4 rings (SSSR count). The van der Waals surface area contributed by atoms with Crippen LogP contribution in [0.3, 0.4) is 0 Å². The Labute approximate surface area is 165 Å². The van der Waals surface area contributed by atoms with E-state index in [0.717, 1.165) is 30.1 Å². The predicted molar refractivity (Wildman–Crippen MR) is 110 cm³/mol. The van der Waals surface area contributed by atoms with Crippen LogP contribution in [0.15, 0.2) is 66.7 Å². The van der Waals surface area contributed by atoms with Crippen LogP contribution in [0.1, 0.15) is 23.1 Å². The van der Waals surface area contributed by atoms with E-state index in [1.165, 1.54) is 23.1 Å². The number of benzene rings is 3. The number of fused-ring (bicyclic) bond motifs is 1.